The number of ether oxygens (including phenoxy) is 1. The normalized spacial score (nSPS) is 10.9. The number of carbonyl (C=O) groups is 1. The van der Waals surface area contributed by atoms with Gasteiger partial charge in [-0.25, -0.2) is 4.98 Å². The van der Waals surface area contributed by atoms with Gasteiger partial charge in [0.1, 0.15) is 0 Å². The Morgan fingerprint density at radius 1 is 1.21 bits per heavy atom. The number of nitrogens with zero attached hydrogens (tertiary/aromatic N) is 2. The monoisotopic (exact) mass is 320 g/mol. The first-order valence-corrected chi connectivity index (χ1v) is 7.35. The van der Waals surface area contributed by atoms with Crippen LogP contribution in [0.25, 0.3) is 11.8 Å². The molecule has 0 bridgehead atoms. The van der Waals surface area contributed by atoms with Crippen molar-refractivity contribution in [1.82, 2.24) is 9.55 Å². The SMILES string of the molecule is COc1cc(C(=O)C=Cc2ccc(-n3ccnc3)cc2)ccc1O. The number of hydrogen-bond acceptors (Lipinski definition) is 4. The van der Waals surface area contributed by atoms with Crippen LogP contribution in [0.1, 0.15) is 15.9 Å². The standard InChI is InChI=1S/C19H16N2O3/c1-24-19-12-15(5-9-18(19)23)17(22)8-4-14-2-6-16(7-3-14)21-11-10-20-13-21/h2-13,23H,1H3. The molecule has 0 aliphatic heterocycles. The molecule has 3 rings (SSSR count). The molecule has 0 atom stereocenters. The smallest absolute Gasteiger partial charge is 0.185 e. The molecule has 0 radical (unpaired) electrons. The first-order chi connectivity index (χ1) is 11.7. The number of aromatic hydroxyl groups is 1. The van der Waals surface area contributed by atoms with Crippen molar-refractivity contribution in [3.63, 3.8) is 0 Å². The topological polar surface area (TPSA) is 64.4 Å². The fourth-order valence-corrected chi connectivity index (χ4v) is 2.27. The summed E-state index contributed by atoms with van der Waals surface area (Å²) < 4.78 is 6.92. The van der Waals surface area contributed by atoms with E-state index >= 15 is 0 Å². The average molecular weight is 320 g/mol. The van der Waals surface area contributed by atoms with Gasteiger partial charge in [0.2, 0.25) is 0 Å². The second kappa shape index (κ2) is 6.83. The Kier molecular flexibility index (Phi) is 4.43. The molecule has 1 N–H and O–H groups in total. The predicted molar refractivity (Wildman–Crippen MR) is 91.6 cm³/mol. The third-order valence-corrected chi connectivity index (χ3v) is 3.59. The van der Waals surface area contributed by atoms with Gasteiger partial charge in [-0.1, -0.05) is 18.2 Å². The van der Waals surface area contributed by atoms with Gasteiger partial charge in [-0.2, -0.15) is 0 Å². The van der Waals surface area contributed by atoms with Crippen molar-refractivity contribution in [1.29, 1.82) is 0 Å². The van der Waals surface area contributed by atoms with E-state index in [0.717, 1.165) is 11.3 Å². The van der Waals surface area contributed by atoms with Gasteiger partial charge in [-0.15, -0.1) is 0 Å². The van der Waals surface area contributed by atoms with Gasteiger partial charge in [0.15, 0.2) is 17.3 Å². The molecule has 0 saturated heterocycles. The molecule has 1 aromatic heterocycles. The zero-order valence-electron chi connectivity index (χ0n) is 13.1. The van der Waals surface area contributed by atoms with Gasteiger partial charge in [-0.05, 0) is 42.0 Å². The molecule has 5 nitrogen and oxygen atoms in total. The summed E-state index contributed by atoms with van der Waals surface area (Å²) in [5.41, 5.74) is 2.37. The van der Waals surface area contributed by atoms with Gasteiger partial charge in [0.25, 0.3) is 0 Å². The van der Waals surface area contributed by atoms with Crippen LogP contribution >= 0.6 is 0 Å². The summed E-state index contributed by atoms with van der Waals surface area (Å²) in [4.78, 5) is 16.2. The Balaban J connectivity index is 1.74. The Hall–Kier alpha value is -3.34. The van der Waals surface area contributed by atoms with Gasteiger partial charge >= 0.3 is 0 Å². The van der Waals surface area contributed by atoms with Gasteiger partial charge < -0.3 is 14.4 Å². The molecule has 0 aliphatic rings. The summed E-state index contributed by atoms with van der Waals surface area (Å²) >= 11 is 0. The lowest BCUT2D eigenvalue weighted by Gasteiger charge is -2.04. The lowest BCUT2D eigenvalue weighted by molar-refractivity contribution is 0.104. The van der Waals surface area contributed by atoms with E-state index in [1.54, 1.807) is 24.7 Å². The van der Waals surface area contributed by atoms with Crippen LogP contribution in [-0.4, -0.2) is 27.6 Å². The quantitative estimate of drug-likeness (QED) is 0.577. The molecule has 0 saturated carbocycles. The van der Waals surface area contributed by atoms with Crippen LogP contribution in [-0.2, 0) is 0 Å². The van der Waals surface area contributed by atoms with Crippen LogP contribution in [0.2, 0.25) is 0 Å². The number of phenols is 1. The Morgan fingerprint density at radius 2 is 2.00 bits per heavy atom. The third kappa shape index (κ3) is 3.35. The zero-order chi connectivity index (χ0) is 16.9. The van der Waals surface area contributed by atoms with Crippen molar-refractivity contribution in [2.75, 3.05) is 7.11 Å². The number of aromatic nitrogens is 2. The number of methoxy groups -OCH3 is 1. The molecule has 5 heteroatoms. The van der Waals surface area contributed by atoms with E-state index in [4.69, 9.17) is 4.74 Å². The first-order valence-electron chi connectivity index (χ1n) is 7.35. The fourth-order valence-electron chi connectivity index (χ4n) is 2.27. The summed E-state index contributed by atoms with van der Waals surface area (Å²) in [6, 6.07) is 12.3. The van der Waals surface area contributed by atoms with Gasteiger partial charge in [0, 0.05) is 23.6 Å². The van der Waals surface area contributed by atoms with E-state index in [2.05, 4.69) is 4.98 Å². The first kappa shape index (κ1) is 15.6. The maximum Gasteiger partial charge on any atom is 0.185 e. The van der Waals surface area contributed by atoms with Crippen molar-refractivity contribution >= 4 is 11.9 Å². The Bertz CT molecular complexity index is 866. The predicted octanol–water partition coefficient (Wildman–Crippen LogP) is 3.48. The number of rotatable bonds is 5. The molecule has 120 valence electrons. The molecule has 3 aromatic rings. The third-order valence-electron chi connectivity index (χ3n) is 3.59. The van der Waals surface area contributed by atoms with E-state index in [1.807, 2.05) is 35.0 Å². The van der Waals surface area contributed by atoms with Crippen LogP contribution in [0, 0.1) is 0 Å². The molecule has 24 heavy (non-hydrogen) atoms. The number of benzene rings is 2. The molecule has 0 amide bonds. The van der Waals surface area contributed by atoms with E-state index < -0.39 is 0 Å². The highest BCUT2D eigenvalue weighted by molar-refractivity contribution is 6.07. The van der Waals surface area contributed by atoms with Crippen LogP contribution in [0.3, 0.4) is 0 Å². The number of phenolic OH excluding ortho intramolecular Hbond substituents is 1. The Morgan fingerprint density at radius 3 is 2.67 bits per heavy atom. The second-order valence-electron chi connectivity index (χ2n) is 5.15. The molecular formula is C19H16N2O3. The number of ketones is 1. The van der Waals surface area contributed by atoms with E-state index in [-0.39, 0.29) is 17.3 Å². The minimum Gasteiger partial charge on any atom is -0.504 e. The maximum atomic E-state index is 12.2. The van der Waals surface area contributed by atoms with E-state index in [1.165, 1.54) is 25.3 Å². The highest BCUT2D eigenvalue weighted by atomic mass is 16.5. The van der Waals surface area contributed by atoms with Crippen molar-refractivity contribution in [3.8, 4) is 17.2 Å². The van der Waals surface area contributed by atoms with Crippen molar-refractivity contribution < 1.29 is 14.6 Å². The Labute approximate surface area is 139 Å². The highest BCUT2D eigenvalue weighted by Crippen LogP contribution is 2.26. The summed E-state index contributed by atoms with van der Waals surface area (Å²) in [6.45, 7) is 0. The van der Waals surface area contributed by atoms with Gasteiger partial charge in [0.05, 0.1) is 13.4 Å². The van der Waals surface area contributed by atoms with E-state index in [0.29, 0.717) is 5.56 Å². The van der Waals surface area contributed by atoms with Gasteiger partial charge in [-0.3, -0.25) is 4.79 Å². The number of hydrogen-bond donors (Lipinski definition) is 1. The molecule has 0 fully saturated rings. The van der Waals surface area contributed by atoms with E-state index in [9.17, 15) is 9.90 Å². The molecule has 0 spiro atoms. The zero-order valence-corrected chi connectivity index (χ0v) is 13.1. The summed E-state index contributed by atoms with van der Waals surface area (Å²) in [6.07, 6.45) is 8.56. The highest BCUT2D eigenvalue weighted by Gasteiger charge is 2.07. The largest absolute Gasteiger partial charge is 0.504 e. The molecule has 0 unspecified atom stereocenters. The lowest BCUT2D eigenvalue weighted by atomic mass is 10.1. The minimum absolute atomic E-state index is 0.00752. The molecule has 1 heterocycles. The van der Waals surface area contributed by atoms with Crippen LogP contribution in [0.5, 0.6) is 11.5 Å². The molecule has 2 aromatic carbocycles. The molecule has 0 aliphatic carbocycles. The van der Waals surface area contributed by atoms with Crippen molar-refractivity contribution in [2.45, 2.75) is 0 Å². The number of imidazole rings is 1. The van der Waals surface area contributed by atoms with Crippen LogP contribution in [0.4, 0.5) is 0 Å². The molecular weight excluding hydrogens is 304 g/mol. The minimum atomic E-state index is -0.160. The van der Waals surface area contributed by atoms with Crippen molar-refractivity contribution in [2.24, 2.45) is 0 Å². The van der Waals surface area contributed by atoms with Crippen LogP contribution < -0.4 is 4.74 Å². The maximum absolute atomic E-state index is 12.2. The number of allylic oxidation sites excluding steroid dienone is 1. The second-order valence-corrected chi connectivity index (χ2v) is 5.15. The fraction of sp³-hybridized carbons (Fsp3) is 0.0526. The summed E-state index contributed by atoms with van der Waals surface area (Å²) in [5.74, 6) is 0.124. The number of carbonyl (C=O) groups excluding carboxylic acids is 1. The van der Waals surface area contributed by atoms with Crippen LogP contribution in [0.15, 0.2) is 67.3 Å². The average Bonchev–Trinajstić information content (AvgIpc) is 3.15. The summed E-state index contributed by atoms with van der Waals surface area (Å²) in [5, 5.41) is 9.57. The van der Waals surface area contributed by atoms with Crippen molar-refractivity contribution in [3.05, 3.63) is 78.4 Å². The lowest BCUT2D eigenvalue weighted by Crippen LogP contribution is -1.95. The summed E-state index contributed by atoms with van der Waals surface area (Å²) in [7, 11) is 1.45.